The fourth-order valence-electron chi connectivity index (χ4n) is 2.91. The van der Waals surface area contributed by atoms with Gasteiger partial charge in [0.05, 0.1) is 6.07 Å². The predicted octanol–water partition coefficient (Wildman–Crippen LogP) is 3.70. The van der Waals surface area contributed by atoms with Crippen LogP contribution >= 0.6 is 0 Å². The highest BCUT2D eigenvalue weighted by atomic mass is 15.1. The first kappa shape index (κ1) is 17.5. The number of rotatable bonds is 10. The van der Waals surface area contributed by atoms with Crippen LogP contribution in [0.2, 0.25) is 0 Å². The van der Waals surface area contributed by atoms with Crippen molar-refractivity contribution in [3.05, 3.63) is 0 Å². The lowest BCUT2D eigenvalue weighted by Crippen LogP contribution is -2.51. The van der Waals surface area contributed by atoms with Crippen molar-refractivity contribution >= 4 is 0 Å². The second-order valence-electron chi connectivity index (χ2n) is 6.40. The molecule has 0 amide bonds. The zero-order valence-corrected chi connectivity index (χ0v) is 13.6. The fraction of sp³-hybridized carbons (Fsp3) is 0.941. The van der Waals surface area contributed by atoms with Crippen LogP contribution in [-0.2, 0) is 0 Å². The third-order valence-electron chi connectivity index (χ3n) is 4.55. The number of piperidine rings is 1. The molecule has 1 aliphatic heterocycles. The van der Waals surface area contributed by atoms with Gasteiger partial charge in [-0.25, -0.2) is 0 Å². The van der Waals surface area contributed by atoms with E-state index >= 15 is 0 Å². The molecule has 0 spiro atoms. The molecule has 0 bridgehead atoms. The van der Waals surface area contributed by atoms with Crippen molar-refractivity contribution < 1.29 is 0 Å². The van der Waals surface area contributed by atoms with Crippen molar-refractivity contribution in [3.63, 3.8) is 0 Å². The van der Waals surface area contributed by atoms with Gasteiger partial charge in [0.25, 0.3) is 0 Å². The lowest BCUT2D eigenvalue weighted by molar-refractivity contribution is 0.195. The standard InChI is InChI=1S/C17H33N3/c1-3-4-5-6-7-8-9-10-13-19-17(16-18)11-14-20(2)15-12-17/h19H,3-15H2,1-2H3. The average Bonchev–Trinajstić information content (AvgIpc) is 2.48. The number of nitrogens with one attached hydrogen (secondary N) is 1. The summed E-state index contributed by atoms with van der Waals surface area (Å²) in [6.45, 7) is 5.35. The summed E-state index contributed by atoms with van der Waals surface area (Å²) in [6.07, 6.45) is 12.7. The summed E-state index contributed by atoms with van der Waals surface area (Å²) in [5.41, 5.74) is -0.242. The Morgan fingerprint density at radius 1 is 1.00 bits per heavy atom. The van der Waals surface area contributed by atoms with Crippen LogP contribution in [0.15, 0.2) is 0 Å². The van der Waals surface area contributed by atoms with Crippen LogP contribution < -0.4 is 5.32 Å². The zero-order valence-electron chi connectivity index (χ0n) is 13.6. The van der Waals surface area contributed by atoms with Gasteiger partial charge in [-0.3, -0.25) is 5.32 Å². The van der Waals surface area contributed by atoms with Crippen LogP contribution in [0.4, 0.5) is 0 Å². The molecule has 20 heavy (non-hydrogen) atoms. The van der Waals surface area contributed by atoms with Gasteiger partial charge >= 0.3 is 0 Å². The molecule has 0 atom stereocenters. The number of nitriles is 1. The van der Waals surface area contributed by atoms with Gasteiger partial charge in [0.1, 0.15) is 5.54 Å². The molecular weight excluding hydrogens is 246 g/mol. The van der Waals surface area contributed by atoms with Crippen LogP contribution in [0.1, 0.15) is 71.1 Å². The molecule has 0 aromatic rings. The van der Waals surface area contributed by atoms with Crippen molar-refractivity contribution in [2.75, 3.05) is 26.7 Å². The fourth-order valence-corrected chi connectivity index (χ4v) is 2.91. The normalized spacial score (nSPS) is 18.9. The van der Waals surface area contributed by atoms with Crippen LogP contribution in [0, 0.1) is 11.3 Å². The second kappa shape index (κ2) is 10.2. The monoisotopic (exact) mass is 279 g/mol. The molecule has 1 N–H and O–H groups in total. The van der Waals surface area contributed by atoms with Crippen molar-refractivity contribution in [1.82, 2.24) is 10.2 Å². The molecule has 0 aliphatic carbocycles. The quantitative estimate of drug-likeness (QED) is 0.620. The van der Waals surface area contributed by atoms with Gasteiger partial charge in [0, 0.05) is 13.1 Å². The van der Waals surface area contributed by atoms with E-state index in [1.54, 1.807) is 0 Å². The minimum Gasteiger partial charge on any atom is -0.306 e. The maximum absolute atomic E-state index is 9.42. The molecule has 0 aromatic heterocycles. The molecular formula is C17H33N3. The molecule has 1 heterocycles. The maximum atomic E-state index is 9.42. The molecule has 3 heteroatoms. The summed E-state index contributed by atoms with van der Waals surface area (Å²) in [4.78, 5) is 2.31. The molecule has 3 nitrogen and oxygen atoms in total. The Kier molecular flexibility index (Phi) is 8.89. The van der Waals surface area contributed by atoms with Gasteiger partial charge < -0.3 is 4.90 Å². The van der Waals surface area contributed by atoms with E-state index in [9.17, 15) is 5.26 Å². The first-order chi connectivity index (χ1) is 9.72. The van der Waals surface area contributed by atoms with Crippen molar-refractivity contribution in [1.29, 1.82) is 5.26 Å². The van der Waals surface area contributed by atoms with E-state index in [2.05, 4.69) is 30.3 Å². The first-order valence-electron chi connectivity index (χ1n) is 8.57. The SMILES string of the molecule is CCCCCCCCCCNC1(C#N)CCN(C)CC1. The summed E-state index contributed by atoms with van der Waals surface area (Å²) in [5, 5.41) is 12.9. The Bertz CT molecular complexity index is 274. The molecule has 0 radical (unpaired) electrons. The third kappa shape index (κ3) is 6.72. The molecule has 1 saturated heterocycles. The highest BCUT2D eigenvalue weighted by Crippen LogP contribution is 2.20. The Labute approximate surface area is 125 Å². The van der Waals surface area contributed by atoms with E-state index in [0.717, 1.165) is 32.5 Å². The summed E-state index contributed by atoms with van der Waals surface area (Å²) >= 11 is 0. The van der Waals surface area contributed by atoms with Crippen molar-refractivity contribution in [2.45, 2.75) is 76.7 Å². The van der Waals surface area contributed by atoms with E-state index < -0.39 is 0 Å². The van der Waals surface area contributed by atoms with Crippen molar-refractivity contribution in [3.8, 4) is 6.07 Å². The lowest BCUT2D eigenvalue weighted by atomic mass is 9.89. The van der Waals surface area contributed by atoms with Gasteiger partial charge in [-0.1, -0.05) is 51.9 Å². The van der Waals surface area contributed by atoms with Crippen molar-refractivity contribution in [2.24, 2.45) is 0 Å². The van der Waals surface area contributed by atoms with E-state index in [4.69, 9.17) is 0 Å². The minimum absolute atomic E-state index is 0.242. The third-order valence-corrected chi connectivity index (χ3v) is 4.55. The zero-order chi connectivity index (χ0) is 14.7. The largest absolute Gasteiger partial charge is 0.306 e. The predicted molar refractivity (Wildman–Crippen MR) is 85.7 cm³/mol. The van der Waals surface area contributed by atoms with E-state index in [-0.39, 0.29) is 5.54 Å². The molecule has 116 valence electrons. The highest BCUT2D eigenvalue weighted by molar-refractivity contribution is 5.09. The van der Waals surface area contributed by atoms with E-state index in [0.29, 0.717) is 0 Å². The van der Waals surface area contributed by atoms with Crippen LogP contribution in [0.3, 0.4) is 0 Å². The molecule has 0 saturated carbocycles. The summed E-state index contributed by atoms with van der Waals surface area (Å²) in [6, 6.07) is 2.53. The molecule has 1 rings (SSSR count). The maximum Gasteiger partial charge on any atom is 0.109 e. The second-order valence-corrected chi connectivity index (χ2v) is 6.40. The molecule has 1 aliphatic rings. The number of hydrogen-bond donors (Lipinski definition) is 1. The van der Waals surface area contributed by atoms with E-state index in [1.807, 2.05) is 0 Å². The van der Waals surface area contributed by atoms with Crippen LogP contribution in [-0.4, -0.2) is 37.1 Å². The molecule has 1 fully saturated rings. The van der Waals surface area contributed by atoms with Gasteiger partial charge in [-0.05, 0) is 32.9 Å². The van der Waals surface area contributed by atoms with E-state index in [1.165, 1.54) is 51.4 Å². The number of hydrogen-bond acceptors (Lipinski definition) is 3. The Morgan fingerprint density at radius 3 is 2.10 bits per heavy atom. The van der Waals surface area contributed by atoms with Gasteiger partial charge in [0.2, 0.25) is 0 Å². The van der Waals surface area contributed by atoms with Crippen LogP contribution in [0.5, 0.6) is 0 Å². The smallest absolute Gasteiger partial charge is 0.109 e. The number of unbranched alkanes of at least 4 members (excludes halogenated alkanes) is 7. The summed E-state index contributed by atoms with van der Waals surface area (Å²) in [5.74, 6) is 0. The Morgan fingerprint density at radius 2 is 1.55 bits per heavy atom. The number of nitrogens with zero attached hydrogens (tertiary/aromatic N) is 2. The topological polar surface area (TPSA) is 39.1 Å². The Hall–Kier alpha value is -0.590. The summed E-state index contributed by atoms with van der Waals surface area (Å²) < 4.78 is 0. The lowest BCUT2D eigenvalue weighted by Gasteiger charge is -2.36. The minimum atomic E-state index is -0.242. The van der Waals surface area contributed by atoms with Gasteiger partial charge in [-0.15, -0.1) is 0 Å². The first-order valence-corrected chi connectivity index (χ1v) is 8.57. The Balaban J connectivity index is 2.01. The molecule has 0 aromatic carbocycles. The summed E-state index contributed by atoms with van der Waals surface area (Å²) in [7, 11) is 2.14. The van der Waals surface area contributed by atoms with Gasteiger partial charge in [-0.2, -0.15) is 5.26 Å². The van der Waals surface area contributed by atoms with Crippen LogP contribution in [0.25, 0.3) is 0 Å². The number of likely N-dealkylation sites (tertiary alicyclic amines) is 1. The van der Waals surface area contributed by atoms with Gasteiger partial charge in [0.15, 0.2) is 0 Å². The highest BCUT2D eigenvalue weighted by Gasteiger charge is 2.32. The molecule has 0 unspecified atom stereocenters. The average molecular weight is 279 g/mol.